The maximum atomic E-state index is 5.56. The summed E-state index contributed by atoms with van der Waals surface area (Å²) >= 11 is 0. The van der Waals surface area contributed by atoms with Gasteiger partial charge in [-0.1, -0.05) is 12.1 Å². The van der Waals surface area contributed by atoms with Crippen LogP contribution in [0.5, 0.6) is 5.75 Å². The summed E-state index contributed by atoms with van der Waals surface area (Å²) in [6, 6.07) is 8.13. The van der Waals surface area contributed by atoms with Gasteiger partial charge in [0.1, 0.15) is 5.75 Å². The smallest absolute Gasteiger partial charge is 0.119 e. The molecule has 0 aliphatic heterocycles. The van der Waals surface area contributed by atoms with Crippen molar-refractivity contribution in [3.63, 3.8) is 0 Å². The third kappa shape index (κ3) is 6.29. The van der Waals surface area contributed by atoms with E-state index < -0.39 is 0 Å². The van der Waals surface area contributed by atoms with Gasteiger partial charge in [-0.25, -0.2) is 0 Å². The van der Waals surface area contributed by atoms with Crippen molar-refractivity contribution in [2.45, 2.75) is 19.9 Å². The maximum Gasteiger partial charge on any atom is 0.119 e. The zero-order valence-electron chi connectivity index (χ0n) is 11.2. The summed E-state index contributed by atoms with van der Waals surface area (Å²) in [4.78, 5) is 0. The molecule has 0 saturated carbocycles. The average molecular weight is 247 g/mol. The van der Waals surface area contributed by atoms with E-state index in [1.165, 1.54) is 5.56 Å². The molecule has 0 radical (unpaired) electrons. The first-order valence-electron chi connectivity index (χ1n) is 6.18. The lowest BCUT2D eigenvalue weighted by Crippen LogP contribution is -2.18. The molecule has 1 rings (SSSR count). The highest BCUT2D eigenvalue weighted by Gasteiger charge is 1.95. The summed E-state index contributed by atoms with van der Waals surface area (Å²) in [6.07, 6.45) is 0.775. The second-order valence-electron chi connectivity index (χ2n) is 3.84. The van der Waals surface area contributed by atoms with Crippen molar-refractivity contribution in [2.24, 2.45) is 0 Å². The largest absolute Gasteiger partial charge is 0.493 e. The summed E-state index contributed by atoms with van der Waals surface area (Å²) in [5.41, 5.74) is 1.24. The highest BCUT2D eigenvalue weighted by molar-refractivity contribution is 5.27. The van der Waals surface area contributed by atoms with Crippen molar-refractivity contribution in [2.75, 3.05) is 26.9 Å². The number of ether oxygens (including phenoxy) is 2. The fraction of sp³-hybridized carbons (Fsp3) is 0.467. The van der Waals surface area contributed by atoms with Crippen LogP contribution < -0.4 is 10.1 Å². The Morgan fingerprint density at radius 1 is 1.17 bits per heavy atom. The van der Waals surface area contributed by atoms with E-state index >= 15 is 0 Å². The first-order valence-corrected chi connectivity index (χ1v) is 6.18. The third-order valence-corrected chi connectivity index (χ3v) is 2.41. The molecule has 98 valence electrons. The van der Waals surface area contributed by atoms with Crippen molar-refractivity contribution in [3.05, 3.63) is 29.8 Å². The molecular weight excluding hydrogens is 226 g/mol. The van der Waals surface area contributed by atoms with Crippen LogP contribution in [0.4, 0.5) is 0 Å². The molecule has 0 heterocycles. The van der Waals surface area contributed by atoms with Gasteiger partial charge in [0.2, 0.25) is 0 Å². The monoisotopic (exact) mass is 247 g/mol. The predicted molar refractivity (Wildman–Crippen MR) is 73.6 cm³/mol. The number of benzene rings is 1. The molecular formula is C15H21NO2. The maximum absolute atomic E-state index is 5.56. The quantitative estimate of drug-likeness (QED) is 0.564. The Kier molecular flexibility index (Phi) is 7.70. The number of methoxy groups -OCH3 is 1. The van der Waals surface area contributed by atoms with Gasteiger partial charge in [0.05, 0.1) is 13.2 Å². The first kappa shape index (κ1) is 14.6. The summed E-state index contributed by atoms with van der Waals surface area (Å²) in [7, 11) is 1.71. The summed E-state index contributed by atoms with van der Waals surface area (Å²) in [6.45, 7) is 4.94. The minimum Gasteiger partial charge on any atom is -0.493 e. The van der Waals surface area contributed by atoms with E-state index in [0.29, 0.717) is 6.61 Å². The molecule has 0 aromatic heterocycles. The number of rotatable bonds is 8. The lowest BCUT2D eigenvalue weighted by Gasteiger charge is -2.07. The van der Waals surface area contributed by atoms with Crippen molar-refractivity contribution in [3.8, 4) is 17.6 Å². The zero-order valence-corrected chi connectivity index (χ0v) is 11.2. The Labute approximate surface area is 109 Å². The number of hydrogen-bond donors (Lipinski definition) is 1. The van der Waals surface area contributed by atoms with Gasteiger partial charge in [-0.3, -0.25) is 0 Å². The van der Waals surface area contributed by atoms with Crippen LogP contribution in [0, 0.1) is 11.8 Å². The molecule has 18 heavy (non-hydrogen) atoms. The standard InChI is InChI=1S/C15H21NO2/c1-3-4-5-11-18-15-8-6-14(7-9-15)13-16-10-12-17-2/h6-9,16H,5,10-13H2,1-2H3. The topological polar surface area (TPSA) is 30.5 Å². The van der Waals surface area contributed by atoms with Crippen molar-refractivity contribution in [1.82, 2.24) is 5.32 Å². The van der Waals surface area contributed by atoms with Crippen LogP contribution in [0.3, 0.4) is 0 Å². The Morgan fingerprint density at radius 3 is 2.61 bits per heavy atom. The molecule has 1 aromatic carbocycles. The molecule has 0 bridgehead atoms. The molecule has 0 aliphatic rings. The van der Waals surface area contributed by atoms with Gasteiger partial charge >= 0.3 is 0 Å². The zero-order chi connectivity index (χ0) is 13.1. The van der Waals surface area contributed by atoms with Crippen LogP contribution in [-0.4, -0.2) is 26.9 Å². The van der Waals surface area contributed by atoms with Crippen LogP contribution in [0.25, 0.3) is 0 Å². The van der Waals surface area contributed by atoms with Gasteiger partial charge < -0.3 is 14.8 Å². The van der Waals surface area contributed by atoms with E-state index in [4.69, 9.17) is 9.47 Å². The second kappa shape index (κ2) is 9.52. The molecule has 0 saturated heterocycles. The molecule has 0 aliphatic carbocycles. The van der Waals surface area contributed by atoms with E-state index in [-0.39, 0.29) is 0 Å². The van der Waals surface area contributed by atoms with Gasteiger partial charge in [0.25, 0.3) is 0 Å². The minimum absolute atomic E-state index is 0.645. The Balaban J connectivity index is 2.25. The second-order valence-corrected chi connectivity index (χ2v) is 3.84. The van der Waals surface area contributed by atoms with Gasteiger partial charge in [0.15, 0.2) is 0 Å². The van der Waals surface area contributed by atoms with Crippen LogP contribution in [0.1, 0.15) is 18.9 Å². The molecule has 3 heteroatoms. The molecule has 0 atom stereocenters. The SMILES string of the molecule is CC#CCCOc1ccc(CNCCOC)cc1. The van der Waals surface area contributed by atoms with Gasteiger partial charge in [-0.2, -0.15) is 0 Å². The summed E-state index contributed by atoms with van der Waals surface area (Å²) < 4.78 is 10.5. The Hall–Kier alpha value is -1.50. The first-order chi connectivity index (χ1) is 8.86. The molecule has 1 N–H and O–H groups in total. The number of hydrogen-bond acceptors (Lipinski definition) is 3. The fourth-order valence-corrected chi connectivity index (χ4v) is 1.46. The van der Waals surface area contributed by atoms with E-state index in [0.717, 1.165) is 31.9 Å². The van der Waals surface area contributed by atoms with E-state index in [2.05, 4.69) is 29.3 Å². The Bertz CT molecular complexity index is 376. The van der Waals surface area contributed by atoms with E-state index in [1.54, 1.807) is 7.11 Å². The Morgan fingerprint density at radius 2 is 1.94 bits per heavy atom. The predicted octanol–water partition coefficient (Wildman–Crippen LogP) is 2.21. The number of nitrogens with one attached hydrogen (secondary N) is 1. The highest BCUT2D eigenvalue weighted by atomic mass is 16.5. The van der Waals surface area contributed by atoms with Crippen LogP contribution in [0.15, 0.2) is 24.3 Å². The fourth-order valence-electron chi connectivity index (χ4n) is 1.46. The third-order valence-electron chi connectivity index (χ3n) is 2.41. The van der Waals surface area contributed by atoms with E-state index in [1.807, 2.05) is 19.1 Å². The average Bonchev–Trinajstić information content (AvgIpc) is 2.41. The molecule has 0 fully saturated rings. The molecule has 0 unspecified atom stereocenters. The lowest BCUT2D eigenvalue weighted by molar-refractivity contribution is 0.199. The molecule has 0 amide bonds. The van der Waals surface area contributed by atoms with Crippen LogP contribution >= 0.6 is 0 Å². The molecule has 3 nitrogen and oxygen atoms in total. The normalized spacial score (nSPS) is 9.67. The van der Waals surface area contributed by atoms with Crippen molar-refractivity contribution < 1.29 is 9.47 Å². The molecule has 0 spiro atoms. The lowest BCUT2D eigenvalue weighted by atomic mass is 10.2. The van der Waals surface area contributed by atoms with Gasteiger partial charge in [-0.15, -0.1) is 11.8 Å². The summed E-state index contributed by atoms with van der Waals surface area (Å²) in [5.74, 6) is 6.72. The van der Waals surface area contributed by atoms with Crippen LogP contribution in [0.2, 0.25) is 0 Å². The molecule has 1 aromatic rings. The van der Waals surface area contributed by atoms with E-state index in [9.17, 15) is 0 Å². The van der Waals surface area contributed by atoms with Crippen molar-refractivity contribution in [1.29, 1.82) is 0 Å². The van der Waals surface area contributed by atoms with Gasteiger partial charge in [0, 0.05) is 26.6 Å². The summed E-state index contributed by atoms with van der Waals surface area (Å²) in [5, 5.41) is 3.30. The minimum atomic E-state index is 0.645. The van der Waals surface area contributed by atoms with Crippen LogP contribution in [-0.2, 0) is 11.3 Å². The van der Waals surface area contributed by atoms with Gasteiger partial charge in [-0.05, 0) is 24.6 Å². The highest BCUT2D eigenvalue weighted by Crippen LogP contribution is 2.12. The van der Waals surface area contributed by atoms with Crippen molar-refractivity contribution >= 4 is 0 Å².